The molecule has 1 saturated carbocycles. The van der Waals surface area contributed by atoms with Crippen molar-refractivity contribution in [3.05, 3.63) is 29.8 Å². The molecule has 2 rings (SSSR count). The highest BCUT2D eigenvalue weighted by molar-refractivity contribution is 5.89. The van der Waals surface area contributed by atoms with E-state index in [1.54, 1.807) is 0 Å². The average Bonchev–Trinajstić information content (AvgIpc) is 3.27. The molecule has 0 radical (unpaired) electrons. The van der Waals surface area contributed by atoms with Crippen molar-refractivity contribution in [2.24, 2.45) is 5.92 Å². The van der Waals surface area contributed by atoms with Gasteiger partial charge < -0.3 is 16.0 Å². The molecule has 1 aromatic carbocycles. The van der Waals surface area contributed by atoms with Crippen LogP contribution in [0, 0.1) is 5.92 Å². The number of amides is 2. The molecule has 1 unspecified atom stereocenters. The zero-order chi connectivity index (χ0) is 14.4. The van der Waals surface area contributed by atoms with Gasteiger partial charge in [0.1, 0.15) is 0 Å². The SMILES string of the molecule is CNC(C)c1cccc(NC(=O)NCCCC2CC2)c1. The molecule has 1 fully saturated rings. The maximum Gasteiger partial charge on any atom is 0.319 e. The van der Waals surface area contributed by atoms with Gasteiger partial charge in [0.05, 0.1) is 0 Å². The molecule has 0 saturated heterocycles. The number of carbonyl (C=O) groups excluding carboxylic acids is 1. The minimum absolute atomic E-state index is 0.116. The van der Waals surface area contributed by atoms with Crippen molar-refractivity contribution < 1.29 is 4.79 Å². The third-order valence-electron chi connectivity index (χ3n) is 3.85. The fraction of sp³-hybridized carbons (Fsp3) is 0.562. The Morgan fingerprint density at radius 1 is 1.40 bits per heavy atom. The average molecular weight is 275 g/mol. The molecule has 0 aromatic heterocycles. The number of nitrogens with one attached hydrogen (secondary N) is 3. The van der Waals surface area contributed by atoms with Gasteiger partial charge in [0.15, 0.2) is 0 Å². The Morgan fingerprint density at radius 2 is 2.20 bits per heavy atom. The molecule has 1 atom stereocenters. The van der Waals surface area contributed by atoms with E-state index in [2.05, 4.69) is 28.9 Å². The molecule has 0 bridgehead atoms. The fourth-order valence-corrected chi connectivity index (χ4v) is 2.23. The van der Waals surface area contributed by atoms with Gasteiger partial charge in [0.25, 0.3) is 0 Å². The largest absolute Gasteiger partial charge is 0.338 e. The van der Waals surface area contributed by atoms with E-state index in [1.807, 2.05) is 25.2 Å². The van der Waals surface area contributed by atoms with Crippen LogP contribution in [0.5, 0.6) is 0 Å². The third kappa shape index (κ3) is 4.85. The summed E-state index contributed by atoms with van der Waals surface area (Å²) in [4.78, 5) is 11.8. The van der Waals surface area contributed by atoms with Crippen LogP contribution in [0.3, 0.4) is 0 Å². The Kier molecular flexibility index (Phi) is 5.41. The van der Waals surface area contributed by atoms with Gasteiger partial charge in [0.2, 0.25) is 0 Å². The summed E-state index contributed by atoms with van der Waals surface area (Å²) >= 11 is 0. The lowest BCUT2D eigenvalue weighted by Crippen LogP contribution is -2.29. The lowest BCUT2D eigenvalue weighted by molar-refractivity contribution is 0.252. The Balaban J connectivity index is 1.74. The number of hydrogen-bond donors (Lipinski definition) is 3. The first-order valence-electron chi connectivity index (χ1n) is 7.51. The number of benzene rings is 1. The van der Waals surface area contributed by atoms with Crippen molar-refractivity contribution in [3.63, 3.8) is 0 Å². The van der Waals surface area contributed by atoms with E-state index in [-0.39, 0.29) is 12.1 Å². The van der Waals surface area contributed by atoms with Crippen LogP contribution in [-0.4, -0.2) is 19.6 Å². The Bertz CT molecular complexity index is 443. The summed E-state index contributed by atoms with van der Waals surface area (Å²) in [5.74, 6) is 0.930. The number of anilines is 1. The second-order valence-corrected chi connectivity index (χ2v) is 5.60. The van der Waals surface area contributed by atoms with Crippen LogP contribution in [0.2, 0.25) is 0 Å². The van der Waals surface area contributed by atoms with E-state index >= 15 is 0 Å². The molecule has 1 aliphatic carbocycles. The summed E-state index contributed by atoms with van der Waals surface area (Å²) in [6.45, 7) is 2.85. The Morgan fingerprint density at radius 3 is 2.90 bits per heavy atom. The van der Waals surface area contributed by atoms with E-state index in [0.29, 0.717) is 0 Å². The van der Waals surface area contributed by atoms with Crippen molar-refractivity contribution in [2.45, 2.75) is 38.6 Å². The minimum Gasteiger partial charge on any atom is -0.338 e. The van der Waals surface area contributed by atoms with E-state index in [1.165, 1.54) is 24.8 Å². The first-order valence-corrected chi connectivity index (χ1v) is 7.51. The van der Waals surface area contributed by atoms with Crippen molar-refractivity contribution in [3.8, 4) is 0 Å². The van der Waals surface area contributed by atoms with Crippen LogP contribution in [0.1, 0.15) is 44.2 Å². The zero-order valence-electron chi connectivity index (χ0n) is 12.4. The van der Waals surface area contributed by atoms with Gasteiger partial charge >= 0.3 is 6.03 Å². The van der Waals surface area contributed by atoms with Crippen molar-refractivity contribution in [2.75, 3.05) is 18.9 Å². The minimum atomic E-state index is -0.116. The lowest BCUT2D eigenvalue weighted by atomic mass is 10.1. The molecule has 20 heavy (non-hydrogen) atoms. The van der Waals surface area contributed by atoms with Crippen LogP contribution in [0.4, 0.5) is 10.5 Å². The van der Waals surface area contributed by atoms with Gasteiger partial charge in [-0.2, -0.15) is 0 Å². The van der Waals surface area contributed by atoms with Gasteiger partial charge in [-0.05, 0) is 50.4 Å². The van der Waals surface area contributed by atoms with Crippen molar-refractivity contribution >= 4 is 11.7 Å². The quantitative estimate of drug-likeness (QED) is 0.669. The van der Waals surface area contributed by atoms with E-state index in [9.17, 15) is 4.79 Å². The Labute approximate surface area is 121 Å². The van der Waals surface area contributed by atoms with Gasteiger partial charge in [-0.15, -0.1) is 0 Å². The smallest absolute Gasteiger partial charge is 0.319 e. The molecular weight excluding hydrogens is 250 g/mol. The number of urea groups is 1. The van der Waals surface area contributed by atoms with E-state index in [0.717, 1.165) is 24.6 Å². The third-order valence-corrected chi connectivity index (χ3v) is 3.85. The van der Waals surface area contributed by atoms with Crippen LogP contribution < -0.4 is 16.0 Å². The first kappa shape index (κ1) is 14.9. The number of hydrogen-bond acceptors (Lipinski definition) is 2. The van der Waals surface area contributed by atoms with Crippen LogP contribution in [0.15, 0.2) is 24.3 Å². The highest BCUT2D eigenvalue weighted by Crippen LogP contribution is 2.33. The molecule has 0 spiro atoms. The highest BCUT2D eigenvalue weighted by Gasteiger charge is 2.20. The predicted molar refractivity (Wildman–Crippen MR) is 82.9 cm³/mol. The monoisotopic (exact) mass is 275 g/mol. The molecule has 3 N–H and O–H groups in total. The lowest BCUT2D eigenvalue weighted by Gasteiger charge is -2.13. The zero-order valence-corrected chi connectivity index (χ0v) is 12.4. The van der Waals surface area contributed by atoms with Gasteiger partial charge in [-0.1, -0.05) is 25.0 Å². The molecule has 2 amide bonds. The summed E-state index contributed by atoms with van der Waals surface area (Å²) in [7, 11) is 1.93. The summed E-state index contributed by atoms with van der Waals surface area (Å²) < 4.78 is 0. The van der Waals surface area contributed by atoms with Gasteiger partial charge in [-0.25, -0.2) is 4.79 Å². The molecular formula is C16H25N3O. The highest BCUT2D eigenvalue weighted by atomic mass is 16.2. The van der Waals surface area contributed by atoms with E-state index in [4.69, 9.17) is 0 Å². The molecule has 110 valence electrons. The van der Waals surface area contributed by atoms with Crippen LogP contribution in [0.25, 0.3) is 0 Å². The molecule has 0 aliphatic heterocycles. The maximum absolute atomic E-state index is 11.8. The standard InChI is InChI=1S/C16H25N3O/c1-12(17-2)14-6-3-7-15(11-14)19-16(20)18-10-4-5-13-8-9-13/h3,6-7,11-13,17H,4-5,8-10H2,1-2H3,(H2,18,19,20). The number of carbonyl (C=O) groups is 1. The van der Waals surface area contributed by atoms with Crippen molar-refractivity contribution in [1.82, 2.24) is 10.6 Å². The topological polar surface area (TPSA) is 53.2 Å². The van der Waals surface area contributed by atoms with Gasteiger partial charge in [0, 0.05) is 18.3 Å². The van der Waals surface area contributed by atoms with Gasteiger partial charge in [-0.3, -0.25) is 0 Å². The summed E-state index contributed by atoms with van der Waals surface area (Å²) in [5, 5.41) is 8.99. The second-order valence-electron chi connectivity index (χ2n) is 5.60. The first-order chi connectivity index (χ1) is 9.69. The molecule has 0 heterocycles. The normalized spacial score (nSPS) is 15.7. The second kappa shape index (κ2) is 7.29. The molecule has 1 aromatic rings. The summed E-state index contributed by atoms with van der Waals surface area (Å²) in [6.07, 6.45) is 5.08. The van der Waals surface area contributed by atoms with E-state index < -0.39 is 0 Å². The van der Waals surface area contributed by atoms with Crippen LogP contribution in [-0.2, 0) is 0 Å². The Hall–Kier alpha value is -1.55. The van der Waals surface area contributed by atoms with Crippen molar-refractivity contribution in [1.29, 1.82) is 0 Å². The molecule has 1 aliphatic rings. The molecule has 4 nitrogen and oxygen atoms in total. The summed E-state index contributed by atoms with van der Waals surface area (Å²) in [5.41, 5.74) is 2.00. The predicted octanol–water partition coefficient (Wildman–Crippen LogP) is 3.28. The number of rotatable bonds is 7. The molecule has 4 heteroatoms. The maximum atomic E-state index is 11.8. The van der Waals surface area contributed by atoms with Crippen LogP contribution >= 0.6 is 0 Å². The fourth-order valence-electron chi connectivity index (χ4n) is 2.23. The summed E-state index contributed by atoms with van der Waals surface area (Å²) in [6, 6.07) is 8.10.